The van der Waals surface area contributed by atoms with E-state index in [2.05, 4.69) is 13.3 Å². The summed E-state index contributed by atoms with van der Waals surface area (Å²) in [6, 6.07) is 6.08. The average molecular weight is 324 g/mol. The summed E-state index contributed by atoms with van der Waals surface area (Å²) < 4.78 is 8.83. The molecule has 3 N–H and O–H groups in total. The Morgan fingerprint density at radius 3 is 2.89 bits per heavy atom. The van der Waals surface area contributed by atoms with Crippen molar-refractivity contribution >= 4 is 37.7 Å². The molecule has 2 amide bonds. The van der Waals surface area contributed by atoms with Crippen molar-refractivity contribution < 1.29 is 4.79 Å². The quantitative estimate of drug-likeness (QED) is 0.794. The predicted octanol–water partition coefficient (Wildman–Crippen LogP) is 0.642. The van der Waals surface area contributed by atoms with Gasteiger partial charge in [-0.2, -0.15) is 0 Å². The summed E-state index contributed by atoms with van der Waals surface area (Å²) in [5, 5.41) is 3.52. The fourth-order valence-corrected chi connectivity index (χ4v) is 3.54. The number of piperidine rings is 1. The van der Waals surface area contributed by atoms with Crippen molar-refractivity contribution in [2.45, 2.75) is 18.9 Å². The van der Waals surface area contributed by atoms with E-state index < -0.39 is 0 Å². The number of amides is 2. The topological polar surface area (TPSA) is 84.1 Å². The van der Waals surface area contributed by atoms with Gasteiger partial charge in [0.05, 0.1) is 0 Å². The van der Waals surface area contributed by atoms with E-state index in [0.29, 0.717) is 19.1 Å². The summed E-state index contributed by atoms with van der Waals surface area (Å²) in [5.74, 6) is 0. The third-order valence-electron chi connectivity index (χ3n) is 3.45. The van der Waals surface area contributed by atoms with Crippen LogP contribution >= 0.6 is 0 Å². The summed E-state index contributed by atoms with van der Waals surface area (Å²) in [5.41, 5.74) is 8.31. The maximum absolute atomic E-state index is 11.1. The SMILES string of the molecule is NC(=O)N1CCC(Nc2cccc3n[se]nc23)CC1. The number of nitrogens with two attached hydrogens (primary N) is 1. The third-order valence-corrected chi connectivity index (χ3v) is 4.59. The standard InChI is InChI=1S/C12H15N5OSe/c13-12(18)17-6-4-8(5-7-17)14-9-2-1-3-10-11(9)16-19-15-10/h1-3,8,14H,4-7H2,(H2,13,18). The number of anilines is 1. The Bertz CT molecular complexity index is 591. The van der Waals surface area contributed by atoms with E-state index in [9.17, 15) is 4.79 Å². The number of rotatable bonds is 2. The zero-order chi connectivity index (χ0) is 13.2. The fraction of sp³-hybridized carbons (Fsp3) is 0.417. The number of likely N-dealkylation sites (tertiary alicyclic amines) is 1. The molecule has 0 bridgehead atoms. The van der Waals surface area contributed by atoms with Gasteiger partial charge in [0.15, 0.2) is 0 Å². The molecule has 0 saturated carbocycles. The Morgan fingerprint density at radius 2 is 2.16 bits per heavy atom. The number of benzene rings is 1. The van der Waals surface area contributed by atoms with Gasteiger partial charge in [-0.25, -0.2) is 0 Å². The van der Waals surface area contributed by atoms with E-state index >= 15 is 0 Å². The molecule has 100 valence electrons. The van der Waals surface area contributed by atoms with Crippen molar-refractivity contribution in [3.05, 3.63) is 18.2 Å². The van der Waals surface area contributed by atoms with Crippen LogP contribution in [0.1, 0.15) is 12.8 Å². The number of hydrogen-bond donors (Lipinski definition) is 2. The fourth-order valence-electron chi connectivity index (χ4n) is 2.39. The summed E-state index contributed by atoms with van der Waals surface area (Å²) in [4.78, 5) is 12.8. The molecule has 0 radical (unpaired) electrons. The van der Waals surface area contributed by atoms with Crippen LogP contribution in [0.3, 0.4) is 0 Å². The second-order valence-electron chi connectivity index (χ2n) is 4.68. The first-order chi connectivity index (χ1) is 9.24. The minimum atomic E-state index is -0.324. The first-order valence-corrected chi connectivity index (χ1v) is 7.79. The van der Waals surface area contributed by atoms with Crippen molar-refractivity contribution in [1.29, 1.82) is 0 Å². The normalized spacial score (nSPS) is 16.7. The average Bonchev–Trinajstić information content (AvgIpc) is 2.89. The van der Waals surface area contributed by atoms with Crippen LogP contribution in [0.2, 0.25) is 0 Å². The molecule has 0 aliphatic carbocycles. The van der Waals surface area contributed by atoms with Crippen molar-refractivity contribution in [3.63, 3.8) is 0 Å². The zero-order valence-corrected chi connectivity index (χ0v) is 12.1. The van der Waals surface area contributed by atoms with E-state index in [4.69, 9.17) is 5.73 Å². The number of fused-ring (bicyclic) bond motifs is 1. The Kier molecular flexibility index (Phi) is 3.40. The molecule has 6 nitrogen and oxygen atoms in total. The van der Waals surface area contributed by atoms with Gasteiger partial charge in [0.25, 0.3) is 0 Å². The Balaban J connectivity index is 1.69. The van der Waals surface area contributed by atoms with E-state index in [0.717, 1.165) is 29.6 Å². The van der Waals surface area contributed by atoms with Crippen LogP contribution in [0.15, 0.2) is 18.2 Å². The molecule has 1 aromatic heterocycles. The molecule has 0 unspecified atom stereocenters. The Hall–Kier alpha value is -1.59. The van der Waals surface area contributed by atoms with Gasteiger partial charge in [-0.15, -0.1) is 0 Å². The number of carbonyl (C=O) groups excluding carboxylic acids is 1. The number of carbonyl (C=O) groups is 1. The number of hydrogen-bond acceptors (Lipinski definition) is 4. The second-order valence-corrected chi connectivity index (χ2v) is 5.79. The van der Waals surface area contributed by atoms with E-state index in [-0.39, 0.29) is 21.0 Å². The number of nitrogens with zero attached hydrogens (tertiary/aromatic N) is 3. The molecule has 1 aromatic carbocycles. The maximum atomic E-state index is 11.1. The van der Waals surface area contributed by atoms with Crippen molar-refractivity contribution in [3.8, 4) is 0 Å². The number of nitrogens with one attached hydrogen (secondary N) is 1. The van der Waals surface area contributed by atoms with Crippen LogP contribution in [-0.4, -0.2) is 53.0 Å². The minimum absolute atomic E-state index is 0.00451. The molecular weight excluding hydrogens is 309 g/mol. The van der Waals surface area contributed by atoms with Gasteiger partial charge in [-0.3, -0.25) is 0 Å². The number of aromatic nitrogens is 2. The van der Waals surface area contributed by atoms with Crippen LogP contribution in [0.25, 0.3) is 11.0 Å². The van der Waals surface area contributed by atoms with Gasteiger partial charge >= 0.3 is 117 Å². The first kappa shape index (κ1) is 12.4. The van der Waals surface area contributed by atoms with Gasteiger partial charge in [-0.05, 0) is 0 Å². The molecule has 1 fully saturated rings. The first-order valence-electron chi connectivity index (χ1n) is 6.26. The van der Waals surface area contributed by atoms with Gasteiger partial charge < -0.3 is 0 Å². The zero-order valence-electron chi connectivity index (χ0n) is 10.4. The van der Waals surface area contributed by atoms with Crippen molar-refractivity contribution in [2.24, 2.45) is 5.73 Å². The summed E-state index contributed by atoms with van der Waals surface area (Å²) >= 11 is -0.00451. The molecular formula is C12H15N5OSe. The molecule has 2 heterocycles. The Morgan fingerprint density at radius 1 is 1.37 bits per heavy atom. The van der Waals surface area contributed by atoms with Gasteiger partial charge in [-0.1, -0.05) is 0 Å². The van der Waals surface area contributed by atoms with Crippen LogP contribution in [0.4, 0.5) is 10.5 Å². The van der Waals surface area contributed by atoms with E-state index in [1.165, 1.54) is 0 Å². The van der Waals surface area contributed by atoms with Crippen LogP contribution in [0.5, 0.6) is 0 Å². The van der Waals surface area contributed by atoms with Gasteiger partial charge in [0, 0.05) is 0 Å². The van der Waals surface area contributed by atoms with Gasteiger partial charge in [0.2, 0.25) is 0 Å². The van der Waals surface area contributed by atoms with E-state index in [1.807, 2.05) is 18.2 Å². The second kappa shape index (κ2) is 5.19. The summed E-state index contributed by atoms with van der Waals surface area (Å²) in [6.07, 6.45) is 1.82. The predicted molar refractivity (Wildman–Crippen MR) is 74.3 cm³/mol. The number of primary amides is 1. The molecule has 19 heavy (non-hydrogen) atoms. The molecule has 2 aromatic rings. The summed E-state index contributed by atoms with van der Waals surface area (Å²) in [7, 11) is 0. The van der Waals surface area contributed by atoms with Crippen LogP contribution in [0, 0.1) is 0 Å². The van der Waals surface area contributed by atoms with Crippen molar-refractivity contribution in [2.75, 3.05) is 18.4 Å². The monoisotopic (exact) mass is 325 g/mol. The Labute approximate surface area is 117 Å². The van der Waals surface area contributed by atoms with E-state index in [1.54, 1.807) is 4.90 Å². The molecule has 3 rings (SSSR count). The molecule has 0 spiro atoms. The molecule has 7 heteroatoms. The summed E-state index contributed by atoms with van der Waals surface area (Å²) in [6.45, 7) is 1.43. The third kappa shape index (κ3) is 2.57. The molecule has 1 aliphatic heterocycles. The van der Waals surface area contributed by atoms with Crippen LogP contribution < -0.4 is 11.1 Å². The molecule has 1 aliphatic rings. The number of urea groups is 1. The van der Waals surface area contributed by atoms with Crippen LogP contribution in [-0.2, 0) is 0 Å². The van der Waals surface area contributed by atoms with Crippen molar-refractivity contribution in [1.82, 2.24) is 12.9 Å². The molecule has 1 saturated heterocycles. The molecule has 0 atom stereocenters. The van der Waals surface area contributed by atoms with Gasteiger partial charge in [0.1, 0.15) is 0 Å².